The summed E-state index contributed by atoms with van der Waals surface area (Å²) in [5.41, 5.74) is -0.972. The first-order chi connectivity index (χ1) is 15.7. The second-order valence-electron chi connectivity index (χ2n) is 6.60. The van der Waals surface area contributed by atoms with Crippen LogP contribution < -0.4 is 26.6 Å². The topological polar surface area (TPSA) is 155 Å². The Morgan fingerprint density at radius 2 is 1.97 bits per heavy atom. The van der Waals surface area contributed by atoms with Crippen molar-refractivity contribution in [3.8, 4) is 5.82 Å². The number of pyridine rings is 1. The number of anilines is 2. The van der Waals surface area contributed by atoms with Gasteiger partial charge in [0.15, 0.2) is 11.6 Å². The first-order valence-corrected chi connectivity index (χ1v) is 11.6. The van der Waals surface area contributed by atoms with E-state index in [1.165, 1.54) is 23.6 Å². The lowest BCUT2D eigenvalue weighted by atomic mass is 10.2. The van der Waals surface area contributed by atoms with Crippen molar-refractivity contribution in [2.45, 2.75) is 4.21 Å². The number of carbonyl (C=O) groups excluding carboxylic acids is 1. The van der Waals surface area contributed by atoms with Crippen molar-refractivity contribution in [2.24, 2.45) is 0 Å². The number of carbonyl (C=O) groups is 1. The maximum absolute atomic E-state index is 14.8. The molecule has 0 saturated heterocycles. The molecule has 11 nitrogen and oxygen atoms in total. The van der Waals surface area contributed by atoms with Crippen molar-refractivity contribution in [3.05, 3.63) is 74.6 Å². The largest absolute Gasteiger partial charge is 0.388 e. The van der Waals surface area contributed by atoms with Crippen LogP contribution in [0.25, 0.3) is 16.7 Å². The fourth-order valence-electron chi connectivity index (χ4n) is 2.97. The van der Waals surface area contributed by atoms with E-state index in [1.54, 1.807) is 23.9 Å². The molecule has 170 valence electrons. The third-order valence-electron chi connectivity index (χ3n) is 4.46. The number of nitrogens with zero attached hydrogens (tertiary/aromatic N) is 2. The first-order valence-electron chi connectivity index (χ1n) is 9.19. The second-order valence-corrected chi connectivity index (χ2v) is 9.46. The van der Waals surface area contributed by atoms with Gasteiger partial charge in [0.2, 0.25) is 0 Å². The van der Waals surface area contributed by atoms with Crippen molar-refractivity contribution >= 4 is 49.7 Å². The number of fused-ring (bicyclic) bond motifs is 1. The Morgan fingerprint density at radius 3 is 2.64 bits per heavy atom. The lowest BCUT2D eigenvalue weighted by Gasteiger charge is -2.10. The van der Waals surface area contributed by atoms with E-state index >= 15 is 0 Å². The molecule has 33 heavy (non-hydrogen) atoms. The summed E-state index contributed by atoms with van der Waals surface area (Å²) in [6, 6.07) is 7.13. The van der Waals surface area contributed by atoms with Gasteiger partial charge in [-0.1, -0.05) is 6.07 Å². The van der Waals surface area contributed by atoms with Gasteiger partial charge in [-0.15, -0.1) is 11.3 Å². The van der Waals surface area contributed by atoms with Crippen LogP contribution in [0.1, 0.15) is 0 Å². The molecule has 3 heterocycles. The van der Waals surface area contributed by atoms with Gasteiger partial charge < -0.3 is 15.6 Å². The molecular formula is C19H15FN6O5S2. The number of hydrogen-bond donors (Lipinski definition) is 4. The highest BCUT2D eigenvalue weighted by atomic mass is 32.2. The minimum absolute atomic E-state index is 0.0750. The number of aromatic amines is 1. The molecule has 0 radical (unpaired) electrons. The highest BCUT2D eigenvalue weighted by molar-refractivity contribution is 7.92. The molecule has 0 bridgehead atoms. The Labute approximate surface area is 189 Å². The predicted molar refractivity (Wildman–Crippen MR) is 121 cm³/mol. The number of halogens is 1. The van der Waals surface area contributed by atoms with Gasteiger partial charge >= 0.3 is 11.7 Å². The molecule has 4 rings (SSSR count). The molecule has 0 atom stereocenters. The molecule has 1 aromatic carbocycles. The van der Waals surface area contributed by atoms with Gasteiger partial charge in [-0.2, -0.15) is 0 Å². The molecule has 4 N–H and O–H groups in total. The monoisotopic (exact) mass is 490 g/mol. The Morgan fingerprint density at radius 1 is 1.18 bits per heavy atom. The van der Waals surface area contributed by atoms with Crippen LogP contribution in [-0.2, 0) is 10.0 Å². The van der Waals surface area contributed by atoms with Crippen LogP contribution in [0.3, 0.4) is 0 Å². The normalized spacial score (nSPS) is 11.3. The molecule has 0 spiro atoms. The zero-order valence-corrected chi connectivity index (χ0v) is 18.4. The van der Waals surface area contributed by atoms with Gasteiger partial charge in [0.1, 0.15) is 4.21 Å². The van der Waals surface area contributed by atoms with Gasteiger partial charge in [-0.25, -0.2) is 36.7 Å². The van der Waals surface area contributed by atoms with Crippen molar-refractivity contribution in [3.63, 3.8) is 0 Å². The summed E-state index contributed by atoms with van der Waals surface area (Å²) >= 11 is 0.914. The average molecular weight is 490 g/mol. The molecule has 0 aliphatic carbocycles. The van der Waals surface area contributed by atoms with Gasteiger partial charge in [-0.05, 0) is 29.6 Å². The fraction of sp³-hybridized carbons (Fsp3) is 0.0526. The van der Waals surface area contributed by atoms with E-state index in [1.807, 2.05) is 0 Å². The van der Waals surface area contributed by atoms with E-state index < -0.39 is 38.9 Å². The Kier molecular flexibility index (Phi) is 5.69. The molecule has 14 heteroatoms. The molecule has 4 aromatic rings. The Balaban J connectivity index is 1.63. The van der Waals surface area contributed by atoms with Gasteiger partial charge in [0, 0.05) is 18.8 Å². The highest BCUT2D eigenvalue weighted by Crippen LogP contribution is 2.17. The number of benzene rings is 1. The second kappa shape index (κ2) is 8.48. The van der Waals surface area contributed by atoms with E-state index in [-0.39, 0.29) is 20.8 Å². The Hall–Kier alpha value is -4.04. The summed E-state index contributed by atoms with van der Waals surface area (Å²) in [4.78, 5) is 43.6. The fourth-order valence-corrected chi connectivity index (χ4v) is 4.87. The molecule has 2 amide bonds. The van der Waals surface area contributed by atoms with Crippen molar-refractivity contribution in [2.75, 3.05) is 17.7 Å². The van der Waals surface area contributed by atoms with E-state index in [0.717, 1.165) is 23.6 Å². The number of thiophene rings is 1. The lowest BCUT2D eigenvalue weighted by molar-refractivity contribution is 0.256. The van der Waals surface area contributed by atoms with E-state index in [4.69, 9.17) is 0 Å². The average Bonchev–Trinajstić information content (AvgIpc) is 3.30. The zero-order chi connectivity index (χ0) is 23.8. The SMILES string of the molecule is CNc1ccc2c(=O)n(-c3ncc(NC(=O)NS(=O)(=O)c4cccs4)cc3F)c(=O)[nH]c2c1. The maximum atomic E-state index is 14.8. The standard InChI is InChI=1S/C19H15FN6O5S2/c1-21-10-4-5-12-14(8-10)24-19(29)26(17(12)27)16-13(20)7-11(9-22-16)23-18(28)25-33(30,31)15-3-2-6-32-15/h2-9,21H,1H3,(H,24,29)(H2,23,25,28). The van der Waals surface area contributed by atoms with E-state index in [2.05, 4.69) is 20.6 Å². The number of amides is 2. The van der Waals surface area contributed by atoms with Crippen molar-refractivity contribution in [1.82, 2.24) is 19.3 Å². The predicted octanol–water partition coefficient (Wildman–Crippen LogP) is 1.83. The van der Waals surface area contributed by atoms with Crippen LogP contribution in [-0.4, -0.2) is 36.0 Å². The number of hydrogen-bond acceptors (Lipinski definition) is 8. The summed E-state index contributed by atoms with van der Waals surface area (Å²) in [5.74, 6) is -1.68. The number of urea groups is 1. The third-order valence-corrected chi connectivity index (χ3v) is 7.19. The number of sulfonamides is 1. The molecule has 0 saturated carbocycles. The number of rotatable bonds is 5. The lowest BCUT2D eigenvalue weighted by Crippen LogP contribution is -2.35. The third kappa shape index (κ3) is 4.33. The number of aromatic nitrogens is 3. The molecular weight excluding hydrogens is 475 g/mol. The summed E-state index contributed by atoms with van der Waals surface area (Å²) in [5, 5.41) is 6.68. The van der Waals surface area contributed by atoms with Crippen LogP contribution in [0.2, 0.25) is 0 Å². The minimum atomic E-state index is -4.09. The van der Waals surface area contributed by atoms with Crippen LogP contribution >= 0.6 is 11.3 Å². The van der Waals surface area contributed by atoms with Crippen LogP contribution in [0.4, 0.5) is 20.6 Å². The van der Waals surface area contributed by atoms with E-state index in [0.29, 0.717) is 10.3 Å². The zero-order valence-electron chi connectivity index (χ0n) is 16.7. The highest BCUT2D eigenvalue weighted by Gasteiger charge is 2.20. The number of H-pyrrole nitrogens is 1. The molecule has 3 aromatic heterocycles. The minimum Gasteiger partial charge on any atom is -0.388 e. The van der Waals surface area contributed by atoms with Crippen molar-refractivity contribution in [1.29, 1.82) is 0 Å². The van der Waals surface area contributed by atoms with Gasteiger partial charge in [-0.3, -0.25) is 4.79 Å². The van der Waals surface area contributed by atoms with Crippen molar-refractivity contribution < 1.29 is 17.6 Å². The molecule has 0 fully saturated rings. The van der Waals surface area contributed by atoms with Crippen LogP contribution in [0.5, 0.6) is 0 Å². The van der Waals surface area contributed by atoms with Crippen LogP contribution in [0, 0.1) is 5.82 Å². The summed E-state index contributed by atoms with van der Waals surface area (Å²) in [6.07, 6.45) is 0.982. The molecule has 0 unspecified atom stereocenters. The van der Waals surface area contributed by atoms with Gasteiger partial charge in [0.05, 0.1) is 22.8 Å². The quantitative estimate of drug-likeness (QED) is 0.333. The smallest absolute Gasteiger partial charge is 0.334 e. The Bertz CT molecular complexity index is 1600. The summed E-state index contributed by atoms with van der Waals surface area (Å²) < 4.78 is 41.2. The first kappa shape index (κ1) is 22.2. The van der Waals surface area contributed by atoms with Gasteiger partial charge in [0.25, 0.3) is 15.6 Å². The van der Waals surface area contributed by atoms with Crippen LogP contribution in [0.15, 0.2) is 61.8 Å². The summed E-state index contributed by atoms with van der Waals surface area (Å²) in [6.45, 7) is 0. The maximum Gasteiger partial charge on any atom is 0.334 e. The summed E-state index contributed by atoms with van der Waals surface area (Å²) in [7, 11) is -2.41. The molecule has 0 aliphatic heterocycles. The number of nitrogens with one attached hydrogen (secondary N) is 4. The molecule has 0 aliphatic rings. The van der Waals surface area contributed by atoms with E-state index in [9.17, 15) is 27.2 Å².